The quantitative estimate of drug-likeness (QED) is 0.773. The molecule has 5 heteroatoms. The largest absolute Gasteiger partial charge is 0.369 e. The molecule has 0 aliphatic heterocycles. The normalized spacial score (nSPS) is 14.2. The van der Waals surface area contributed by atoms with Crippen LogP contribution < -0.4 is 11.5 Å². The van der Waals surface area contributed by atoms with Gasteiger partial charge in [-0.3, -0.25) is 9.69 Å². The molecule has 1 amide bonds. The van der Waals surface area contributed by atoms with Crippen molar-refractivity contribution in [1.82, 2.24) is 4.90 Å². The Kier molecular flexibility index (Phi) is 6.99. The molecule has 0 aliphatic rings. The lowest BCUT2D eigenvalue weighted by molar-refractivity contribution is -0.119. The van der Waals surface area contributed by atoms with Gasteiger partial charge in [-0.1, -0.05) is 37.1 Å². The van der Waals surface area contributed by atoms with Crippen molar-refractivity contribution < 1.29 is 4.79 Å². The molecule has 0 aromatic heterocycles. The minimum atomic E-state index is -0.333. The Hall–Kier alpha value is -1.10. The van der Waals surface area contributed by atoms with Gasteiger partial charge in [0.15, 0.2) is 0 Å². The van der Waals surface area contributed by atoms with Crippen LogP contribution in [0.2, 0.25) is 5.02 Å². The summed E-state index contributed by atoms with van der Waals surface area (Å²) in [5.41, 5.74) is 12.5. The van der Waals surface area contributed by atoms with Crippen molar-refractivity contribution >= 4 is 17.5 Å². The van der Waals surface area contributed by atoms with Crippen LogP contribution in [-0.2, 0) is 4.79 Å². The molecule has 4 nitrogen and oxygen atoms in total. The lowest BCUT2D eigenvalue weighted by atomic mass is 9.98. The van der Waals surface area contributed by atoms with Crippen molar-refractivity contribution in [3.63, 3.8) is 0 Å². The van der Waals surface area contributed by atoms with E-state index in [1.165, 1.54) is 0 Å². The molecule has 2 unspecified atom stereocenters. The highest BCUT2D eigenvalue weighted by molar-refractivity contribution is 6.30. The monoisotopic (exact) mass is 297 g/mol. The number of benzene rings is 1. The molecule has 0 saturated carbocycles. The molecule has 0 aliphatic carbocycles. The van der Waals surface area contributed by atoms with E-state index in [1.807, 2.05) is 31.2 Å². The molecule has 20 heavy (non-hydrogen) atoms. The number of carbonyl (C=O) groups is 1. The first-order valence-electron chi connectivity index (χ1n) is 6.99. The van der Waals surface area contributed by atoms with E-state index in [0.717, 1.165) is 24.9 Å². The van der Waals surface area contributed by atoms with Crippen molar-refractivity contribution in [2.24, 2.45) is 11.5 Å². The van der Waals surface area contributed by atoms with Crippen LogP contribution in [0.25, 0.3) is 0 Å². The zero-order valence-corrected chi connectivity index (χ0v) is 12.9. The third-order valence-electron chi connectivity index (χ3n) is 3.26. The fourth-order valence-corrected chi connectivity index (χ4v) is 2.51. The molecule has 1 aromatic rings. The Balaban J connectivity index is 2.99. The van der Waals surface area contributed by atoms with Crippen LogP contribution in [0.1, 0.15) is 38.3 Å². The second-order valence-corrected chi connectivity index (χ2v) is 5.58. The summed E-state index contributed by atoms with van der Waals surface area (Å²) in [7, 11) is 0. The van der Waals surface area contributed by atoms with E-state index in [2.05, 4.69) is 11.8 Å². The van der Waals surface area contributed by atoms with Crippen molar-refractivity contribution in [2.45, 2.75) is 38.8 Å². The Morgan fingerprint density at radius 3 is 2.40 bits per heavy atom. The van der Waals surface area contributed by atoms with Crippen LogP contribution in [0.5, 0.6) is 0 Å². The molecule has 1 aromatic carbocycles. The van der Waals surface area contributed by atoms with E-state index in [-0.39, 0.29) is 24.5 Å². The summed E-state index contributed by atoms with van der Waals surface area (Å²) in [6, 6.07) is 7.45. The zero-order chi connectivity index (χ0) is 15.1. The number of hydrogen-bond donors (Lipinski definition) is 2. The minimum absolute atomic E-state index is 0.0358. The van der Waals surface area contributed by atoms with Crippen molar-refractivity contribution in [3.8, 4) is 0 Å². The Labute approximate surface area is 126 Å². The van der Waals surface area contributed by atoms with Gasteiger partial charge in [0.2, 0.25) is 5.91 Å². The zero-order valence-electron chi connectivity index (χ0n) is 12.2. The average molecular weight is 298 g/mol. The van der Waals surface area contributed by atoms with Gasteiger partial charge >= 0.3 is 0 Å². The molecule has 0 bridgehead atoms. The predicted octanol–water partition coefficient (Wildman–Crippen LogP) is 2.32. The summed E-state index contributed by atoms with van der Waals surface area (Å²) in [4.78, 5) is 13.4. The molecule has 4 N–H and O–H groups in total. The van der Waals surface area contributed by atoms with Gasteiger partial charge in [-0.2, -0.15) is 0 Å². The Morgan fingerprint density at radius 2 is 1.95 bits per heavy atom. The molecule has 1 rings (SSSR count). The lowest BCUT2D eigenvalue weighted by Gasteiger charge is -2.33. The van der Waals surface area contributed by atoms with Gasteiger partial charge in [0.25, 0.3) is 0 Å². The SMILES string of the molecule is CCCCN(CC(N)=O)C(c1ccc(Cl)cc1)C(C)N. The van der Waals surface area contributed by atoms with Crippen LogP contribution in [0.15, 0.2) is 24.3 Å². The number of primary amides is 1. The molecule has 0 spiro atoms. The van der Waals surface area contributed by atoms with E-state index in [0.29, 0.717) is 5.02 Å². The second kappa shape index (κ2) is 8.25. The van der Waals surface area contributed by atoms with Gasteiger partial charge in [0.05, 0.1) is 12.6 Å². The fourth-order valence-electron chi connectivity index (χ4n) is 2.38. The lowest BCUT2D eigenvalue weighted by Crippen LogP contribution is -2.44. The topological polar surface area (TPSA) is 72.3 Å². The standard InChI is InChI=1S/C15H24ClN3O/c1-3-4-9-19(10-14(18)20)15(11(2)17)12-5-7-13(16)8-6-12/h5-8,11,15H,3-4,9-10,17H2,1-2H3,(H2,18,20). The first kappa shape index (κ1) is 17.0. The van der Waals surface area contributed by atoms with Crippen LogP contribution in [0, 0.1) is 0 Å². The number of nitrogens with two attached hydrogens (primary N) is 2. The van der Waals surface area contributed by atoms with E-state index >= 15 is 0 Å². The van der Waals surface area contributed by atoms with Crippen LogP contribution in [0.3, 0.4) is 0 Å². The molecule has 0 saturated heterocycles. The van der Waals surface area contributed by atoms with Crippen molar-refractivity contribution in [1.29, 1.82) is 0 Å². The number of nitrogens with zero attached hydrogens (tertiary/aromatic N) is 1. The Morgan fingerprint density at radius 1 is 1.35 bits per heavy atom. The molecule has 0 fully saturated rings. The van der Waals surface area contributed by atoms with Gasteiger partial charge in [0, 0.05) is 11.1 Å². The van der Waals surface area contributed by atoms with Gasteiger partial charge in [-0.15, -0.1) is 0 Å². The predicted molar refractivity (Wildman–Crippen MR) is 83.5 cm³/mol. The molecule has 0 radical (unpaired) electrons. The number of halogens is 1. The molecule has 0 heterocycles. The summed E-state index contributed by atoms with van der Waals surface area (Å²) < 4.78 is 0. The molecular weight excluding hydrogens is 274 g/mol. The van der Waals surface area contributed by atoms with Gasteiger partial charge in [0.1, 0.15) is 0 Å². The third-order valence-corrected chi connectivity index (χ3v) is 3.51. The summed E-state index contributed by atoms with van der Waals surface area (Å²) in [5, 5.41) is 0.687. The number of unbranched alkanes of at least 4 members (excludes halogenated alkanes) is 1. The number of amides is 1. The van der Waals surface area contributed by atoms with Gasteiger partial charge in [-0.25, -0.2) is 0 Å². The summed E-state index contributed by atoms with van der Waals surface area (Å²) in [5.74, 6) is -0.333. The molecule has 2 atom stereocenters. The Bertz CT molecular complexity index is 420. The minimum Gasteiger partial charge on any atom is -0.369 e. The highest BCUT2D eigenvalue weighted by Gasteiger charge is 2.24. The highest BCUT2D eigenvalue weighted by atomic mass is 35.5. The number of rotatable bonds is 8. The van der Waals surface area contributed by atoms with Gasteiger partial charge in [-0.05, 0) is 37.6 Å². The summed E-state index contributed by atoms with van der Waals surface area (Å²) >= 11 is 5.92. The van der Waals surface area contributed by atoms with Gasteiger partial charge < -0.3 is 11.5 Å². The maximum absolute atomic E-state index is 11.3. The maximum Gasteiger partial charge on any atom is 0.231 e. The van der Waals surface area contributed by atoms with E-state index < -0.39 is 0 Å². The van der Waals surface area contributed by atoms with E-state index in [9.17, 15) is 4.79 Å². The average Bonchev–Trinajstić information content (AvgIpc) is 2.37. The first-order chi connectivity index (χ1) is 9.45. The van der Waals surface area contributed by atoms with Crippen LogP contribution in [-0.4, -0.2) is 29.9 Å². The highest BCUT2D eigenvalue weighted by Crippen LogP contribution is 2.25. The van der Waals surface area contributed by atoms with Crippen LogP contribution in [0.4, 0.5) is 0 Å². The first-order valence-corrected chi connectivity index (χ1v) is 7.37. The summed E-state index contributed by atoms with van der Waals surface area (Å²) in [6.07, 6.45) is 2.06. The van der Waals surface area contributed by atoms with Crippen molar-refractivity contribution in [3.05, 3.63) is 34.9 Å². The summed E-state index contributed by atoms with van der Waals surface area (Å²) in [6.45, 7) is 5.08. The number of hydrogen-bond acceptors (Lipinski definition) is 3. The third kappa shape index (κ3) is 5.12. The molecular formula is C15H24ClN3O. The molecule has 112 valence electrons. The smallest absolute Gasteiger partial charge is 0.231 e. The fraction of sp³-hybridized carbons (Fsp3) is 0.533. The van der Waals surface area contributed by atoms with Crippen molar-refractivity contribution in [2.75, 3.05) is 13.1 Å². The number of carbonyl (C=O) groups excluding carboxylic acids is 1. The van der Waals surface area contributed by atoms with E-state index in [4.69, 9.17) is 23.1 Å². The maximum atomic E-state index is 11.3. The second-order valence-electron chi connectivity index (χ2n) is 5.15. The van der Waals surface area contributed by atoms with Crippen LogP contribution >= 0.6 is 11.6 Å². The van der Waals surface area contributed by atoms with E-state index in [1.54, 1.807) is 0 Å².